The molecule has 12 heteroatoms. The SMILES string of the molecule is CC(=O)Nc1ccc(S(=O)(=O)Nc2ccc(NC(=O)Nc3ccc([N+](=O)[O-])cc3)cc2)cc1. The summed E-state index contributed by atoms with van der Waals surface area (Å²) in [5.74, 6) is -0.265. The first-order valence-electron chi connectivity index (χ1n) is 9.45. The lowest BCUT2D eigenvalue weighted by molar-refractivity contribution is -0.384. The third kappa shape index (κ3) is 6.51. The number of nitrogens with zero attached hydrogens (tertiary/aromatic N) is 1. The first kappa shape index (κ1) is 23.2. The maximum absolute atomic E-state index is 12.5. The Morgan fingerprint density at radius 1 is 0.727 bits per heavy atom. The maximum Gasteiger partial charge on any atom is 0.323 e. The minimum absolute atomic E-state index is 0.0151. The summed E-state index contributed by atoms with van der Waals surface area (Å²) in [5.41, 5.74) is 1.43. The molecule has 0 bridgehead atoms. The highest BCUT2D eigenvalue weighted by molar-refractivity contribution is 7.92. The summed E-state index contributed by atoms with van der Waals surface area (Å²) in [4.78, 5) is 33.3. The molecule has 0 saturated heterocycles. The Kier molecular flexibility index (Phi) is 6.88. The molecule has 0 saturated carbocycles. The largest absolute Gasteiger partial charge is 0.326 e. The monoisotopic (exact) mass is 469 g/mol. The fraction of sp³-hybridized carbons (Fsp3) is 0.0476. The van der Waals surface area contributed by atoms with Gasteiger partial charge < -0.3 is 16.0 Å². The minimum atomic E-state index is -3.86. The Bertz CT molecular complexity index is 1270. The summed E-state index contributed by atoms with van der Waals surface area (Å²) in [5, 5.41) is 18.3. The summed E-state index contributed by atoms with van der Waals surface area (Å²) in [6.45, 7) is 1.35. The third-order valence-corrected chi connectivity index (χ3v) is 5.61. The fourth-order valence-corrected chi connectivity index (χ4v) is 3.77. The fourth-order valence-electron chi connectivity index (χ4n) is 2.72. The molecule has 4 N–H and O–H groups in total. The van der Waals surface area contributed by atoms with Gasteiger partial charge in [-0.15, -0.1) is 0 Å². The van der Waals surface area contributed by atoms with Crippen LogP contribution in [0.5, 0.6) is 0 Å². The van der Waals surface area contributed by atoms with Gasteiger partial charge in [0, 0.05) is 41.8 Å². The van der Waals surface area contributed by atoms with Crippen LogP contribution in [0.15, 0.2) is 77.7 Å². The number of nitrogens with one attached hydrogen (secondary N) is 4. The van der Waals surface area contributed by atoms with Crippen molar-refractivity contribution in [3.63, 3.8) is 0 Å². The first-order chi connectivity index (χ1) is 15.6. The van der Waals surface area contributed by atoms with Crippen LogP contribution in [0.25, 0.3) is 0 Å². The molecule has 0 heterocycles. The van der Waals surface area contributed by atoms with Gasteiger partial charge in [0.25, 0.3) is 15.7 Å². The number of urea groups is 1. The highest BCUT2D eigenvalue weighted by atomic mass is 32.2. The molecule has 0 aliphatic carbocycles. The van der Waals surface area contributed by atoms with Crippen molar-refractivity contribution < 1.29 is 22.9 Å². The average Bonchev–Trinajstić information content (AvgIpc) is 2.75. The third-order valence-electron chi connectivity index (χ3n) is 4.22. The lowest BCUT2D eigenvalue weighted by atomic mass is 10.3. The van der Waals surface area contributed by atoms with Crippen LogP contribution in [-0.4, -0.2) is 25.3 Å². The predicted molar refractivity (Wildman–Crippen MR) is 124 cm³/mol. The number of carbonyl (C=O) groups excluding carboxylic acids is 2. The second kappa shape index (κ2) is 9.78. The van der Waals surface area contributed by atoms with E-state index < -0.39 is 21.0 Å². The quantitative estimate of drug-likeness (QED) is 0.302. The molecule has 3 aromatic carbocycles. The van der Waals surface area contributed by atoms with Crippen molar-refractivity contribution >= 4 is 50.4 Å². The summed E-state index contributed by atoms with van der Waals surface area (Å²) < 4.78 is 27.5. The van der Waals surface area contributed by atoms with Crippen molar-refractivity contribution in [2.75, 3.05) is 20.7 Å². The van der Waals surface area contributed by atoms with E-state index in [1.807, 2.05) is 0 Å². The predicted octanol–water partition coefficient (Wildman–Crippen LogP) is 4.00. The summed E-state index contributed by atoms with van der Waals surface area (Å²) in [6, 6.07) is 16.4. The average molecular weight is 469 g/mol. The Balaban J connectivity index is 1.59. The van der Waals surface area contributed by atoms with Gasteiger partial charge in [0.2, 0.25) is 5.91 Å². The summed E-state index contributed by atoms with van der Waals surface area (Å²) in [7, 11) is -3.86. The van der Waals surface area contributed by atoms with Gasteiger partial charge in [-0.1, -0.05) is 0 Å². The first-order valence-corrected chi connectivity index (χ1v) is 10.9. The molecule has 0 aliphatic rings. The van der Waals surface area contributed by atoms with Gasteiger partial charge in [-0.3, -0.25) is 19.6 Å². The van der Waals surface area contributed by atoms with Gasteiger partial charge >= 0.3 is 6.03 Å². The second-order valence-electron chi connectivity index (χ2n) is 6.77. The van der Waals surface area contributed by atoms with E-state index >= 15 is 0 Å². The number of hydrogen-bond donors (Lipinski definition) is 4. The number of carbonyl (C=O) groups is 2. The van der Waals surface area contributed by atoms with Crippen molar-refractivity contribution in [1.29, 1.82) is 0 Å². The van der Waals surface area contributed by atoms with E-state index in [9.17, 15) is 28.1 Å². The van der Waals surface area contributed by atoms with Crippen LogP contribution >= 0.6 is 0 Å². The van der Waals surface area contributed by atoms with Crippen LogP contribution < -0.4 is 20.7 Å². The lowest BCUT2D eigenvalue weighted by Crippen LogP contribution is -2.19. The van der Waals surface area contributed by atoms with Crippen molar-refractivity contribution in [3.05, 3.63) is 82.9 Å². The van der Waals surface area contributed by atoms with Gasteiger partial charge in [-0.2, -0.15) is 0 Å². The molecule has 0 spiro atoms. The highest BCUT2D eigenvalue weighted by Crippen LogP contribution is 2.21. The number of hydrogen-bond acceptors (Lipinski definition) is 6. The van der Waals surface area contributed by atoms with Gasteiger partial charge in [0.1, 0.15) is 0 Å². The maximum atomic E-state index is 12.5. The number of nitro groups is 1. The molecule has 33 heavy (non-hydrogen) atoms. The molecule has 170 valence electrons. The number of amides is 3. The van der Waals surface area contributed by atoms with Gasteiger partial charge in [0.15, 0.2) is 0 Å². The van der Waals surface area contributed by atoms with Crippen molar-refractivity contribution in [3.8, 4) is 0 Å². The molecule has 3 amide bonds. The molecule has 3 rings (SSSR count). The number of benzene rings is 3. The number of rotatable bonds is 7. The standard InChI is InChI=1S/C21H19N5O6S/c1-14(27)22-15-8-12-20(13-9-15)33(31,32)25-18-4-2-16(3-5-18)23-21(28)24-17-6-10-19(11-7-17)26(29)30/h2-13,25H,1H3,(H,22,27)(H2,23,24,28). The highest BCUT2D eigenvalue weighted by Gasteiger charge is 2.14. The van der Waals surface area contributed by atoms with Crippen molar-refractivity contribution in [2.24, 2.45) is 0 Å². The zero-order valence-electron chi connectivity index (χ0n) is 17.2. The van der Waals surface area contributed by atoms with Gasteiger partial charge in [-0.25, -0.2) is 13.2 Å². The lowest BCUT2D eigenvalue weighted by Gasteiger charge is -2.11. The number of sulfonamides is 1. The normalized spacial score (nSPS) is 10.7. The van der Waals surface area contributed by atoms with Crippen LogP contribution in [0.2, 0.25) is 0 Å². The number of anilines is 4. The Morgan fingerprint density at radius 2 is 1.15 bits per heavy atom. The zero-order chi connectivity index (χ0) is 24.0. The van der Waals surface area contributed by atoms with E-state index in [1.165, 1.54) is 79.7 Å². The summed E-state index contributed by atoms with van der Waals surface area (Å²) in [6.07, 6.45) is 0. The Labute approximate surface area is 189 Å². The smallest absolute Gasteiger partial charge is 0.323 e. The molecule has 0 radical (unpaired) electrons. The molecule has 0 aliphatic heterocycles. The minimum Gasteiger partial charge on any atom is -0.326 e. The second-order valence-corrected chi connectivity index (χ2v) is 8.45. The van der Waals surface area contributed by atoms with Gasteiger partial charge in [0.05, 0.1) is 9.82 Å². The number of non-ortho nitro benzene ring substituents is 1. The van der Waals surface area contributed by atoms with Crippen molar-refractivity contribution in [1.82, 2.24) is 0 Å². The molecule has 0 fully saturated rings. The molecule has 0 unspecified atom stereocenters. The Hall–Kier alpha value is -4.45. The van der Waals surface area contributed by atoms with E-state index in [4.69, 9.17) is 0 Å². The Morgan fingerprint density at radius 3 is 1.64 bits per heavy atom. The molecular formula is C21H19N5O6S. The topological polar surface area (TPSA) is 160 Å². The summed E-state index contributed by atoms with van der Waals surface area (Å²) >= 11 is 0. The van der Waals surface area contributed by atoms with Crippen LogP contribution in [0, 0.1) is 10.1 Å². The molecule has 0 aromatic heterocycles. The van der Waals surface area contributed by atoms with Crippen LogP contribution in [0.3, 0.4) is 0 Å². The van der Waals surface area contributed by atoms with E-state index in [-0.39, 0.29) is 22.2 Å². The van der Waals surface area contributed by atoms with Crippen LogP contribution in [0.1, 0.15) is 6.92 Å². The molecule has 0 atom stereocenters. The van der Waals surface area contributed by atoms with Gasteiger partial charge in [-0.05, 0) is 60.7 Å². The van der Waals surface area contributed by atoms with Crippen molar-refractivity contribution in [2.45, 2.75) is 11.8 Å². The zero-order valence-corrected chi connectivity index (χ0v) is 18.0. The number of nitro benzene ring substituents is 1. The molecule has 11 nitrogen and oxygen atoms in total. The van der Waals surface area contributed by atoms with E-state index in [1.54, 1.807) is 0 Å². The van der Waals surface area contributed by atoms with E-state index in [0.717, 1.165) is 0 Å². The van der Waals surface area contributed by atoms with Crippen LogP contribution in [0.4, 0.5) is 33.2 Å². The molecular weight excluding hydrogens is 450 g/mol. The van der Waals surface area contributed by atoms with E-state index in [0.29, 0.717) is 17.1 Å². The van der Waals surface area contributed by atoms with E-state index in [2.05, 4.69) is 20.7 Å². The molecule has 3 aromatic rings. The van der Waals surface area contributed by atoms with Crippen LogP contribution in [-0.2, 0) is 14.8 Å².